The summed E-state index contributed by atoms with van der Waals surface area (Å²) in [6.45, 7) is 0. The quantitative estimate of drug-likeness (QED) is 0.299. The molecule has 0 aliphatic rings. The number of hydrogen-bond donors (Lipinski definition) is 0. The maximum atomic E-state index is 8.46. The van der Waals surface area contributed by atoms with Gasteiger partial charge in [0.1, 0.15) is 0 Å². The van der Waals surface area contributed by atoms with Crippen molar-refractivity contribution in [3.05, 3.63) is 0 Å². The topological polar surface area (TPSA) is 70.1 Å². The third-order valence-corrected chi connectivity index (χ3v) is 0. The van der Waals surface area contributed by atoms with Crippen LogP contribution < -0.4 is 63.3 Å². The summed E-state index contributed by atoms with van der Waals surface area (Å²) in [5, 5.41) is 0. The van der Waals surface area contributed by atoms with Gasteiger partial charge in [-0.1, -0.05) is 0 Å². The van der Waals surface area contributed by atoms with Crippen LogP contribution >= 0.6 is 0 Å². The van der Waals surface area contributed by atoms with Crippen LogP contribution in [0.4, 0.5) is 0 Å². The maximum absolute atomic E-state index is 8.46. The average Bonchev–Trinajstić information content (AvgIpc) is 0.918. The Balaban J connectivity index is -0.00000000667. The normalized spacial score (nSPS) is 1.33. The minimum absolute atomic E-state index is 0. The molecule has 0 atom stereocenters. The summed E-state index contributed by atoms with van der Waals surface area (Å²) >= 11 is -1.75. The Hall–Kier alpha value is 2.09. The fourth-order valence-electron chi connectivity index (χ4n) is 0. The monoisotopic (exact) mass is 122 g/mol. The van der Waals surface area contributed by atoms with Gasteiger partial charge in [-0.05, 0) is 0 Å². The van der Waals surface area contributed by atoms with E-state index < -0.39 is 15.5 Å². The summed E-state index contributed by atoms with van der Waals surface area (Å²) in [5.74, 6) is 0. The van der Waals surface area contributed by atoms with Crippen LogP contribution in [0.1, 0.15) is 0 Å². The number of rotatable bonds is 0. The minimum atomic E-state index is -1.75. The van der Waals surface area contributed by atoms with Crippen molar-refractivity contribution >= 4 is 15.5 Å². The molecular formula is HAlNa2O3. The second-order valence-corrected chi connectivity index (χ2v) is 0.289. The van der Waals surface area contributed by atoms with Crippen molar-refractivity contribution in [1.82, 2.24) is 0 Å². The van der Waals surface area contributed by atoms with Crippen LogP contribution in [-0.4, -0.2) is 21.0 Å². The van der Waals surface area contributed by atoms with Gasteiger partial charge >= 0.3 is 82.6 Å². The average molecular weight is 122 g/mol. The Bertz CT molecular complexity index is 16.3. The van der Waals surface area contributed by atoms with Crippen LogP contribution in [0.2, 0.25) is 0 Å². The van der Waals surface area contributed by atoms with E-state index in [0.29, 0.717) is 0 Å². The summed E-state index contributed by atoms with van der Waals surface area (Å²) in [6, 6.07) is 0. The standard InChI is InChI=1S/Al.2Na.H2O.2O/h;;;1H2;;/q;2*+1;;;-1/p-1. The van der Waals surface area contributed by atoms with Gasteiger partial charge in [0.2, 0.25) is 0 Å². The predicted octanol–water partition coefficient (Wildman–Crippen LogP) is -7.86. The molecule has 0 aliphatic heterocycles. The van der Waals surface area contributed by atoms with E-state index in [4.69, 9.17) is 7.96 Å². The first-order chi connectivity index (χ1) is 1.41. The first kappa shape index (κ1) is 24.3. The predicted molar refractivity (Wildman–Crippen MR) is 8.38 cm³/mol. The zero-order valence-electron chi connectivity index (χ0n) is 3.84. The van der Waals surface area contributed by atoms with Crippen molar-refractivity contribution in [3.8, 4) is 0 Å². The van der Waals surface area contributed by atoms with Crippen molar-refractivity contribution in [2.24, 2.45) is 0 Å². The molecule has 0 aromatic heterocycles. The van der Waals surface area contributed by atoms with Crippen molar-refractivity contribution in [1.29, 1.82) is 0 Å². The van der Waals surface area contributed by atoms with E-state index >= 15 is 0 Å². The second-order valence-electron chi connectivity index (χ2n) is 0.0962. The molecule has 0 bridgehead atoms. The Labute approximate surface area is 86.6 Å². The summed E-state index contributed by atoms with van der Waals surface area (Å²) < 4.78 is 16.9. The van der Waals surface area contributed by atoms with Crippen molar-refractivity contribution in [3.63, 3.8) is 0 Å². The van der Waals surface area contributed by atoms with E-state index in [1.807, 2.05) is 0 Å². The molecule has 0 amide bonds. The van der Waals surface area contributed by atoms with E-state index in [1.54, 1.807) is 0 Å². The SMILES string of the molecule is [Na+].[Na+].[OH-].[O]=[Al][O-]. The fourth-order valence-corrected chi connectivity index (χ4v) is 0. The molecule has 0 fully saturated rings. The molecule has 0 spiro atoms. The Morgan fingerprint density at radius 3 is 1.33 bits per heavy atom. The van der Waals surface area contributed by atoms with Gasteiger partial charge in [-0.3, -0.25) is 0 Å². The van der Waals surface area contributed by atoms with Gasteiger partial charge in [0.15, 0.2) is 0 Å². The van der Waals surface area contributed by atoms with Crippen molar-refractivity contribution < 1.29 is 72.6 Å². The molecule has 6 heavy (non-hydrogen) atoms. The Morgan fingerprint density at radius 2 is 1.33 bits per heavy atom. The van der Waals surface area contributed by atoms with Crippen molar-refractivity contribution in [2.75, 3.05) is 0 Å². The molecule has 0 rings (SSSR count). The van der Waals surface area contributed by atoms with E-state index in [9.17, 15) is 0 Å². The molecule has 0 heterocycles. The third-order valence-electron chi connectivity index (χ3n) is 0. The van der Waals surface area contributed by atoms with Crippen LogP contribution in [0.25, 0.3) is 0 Å². The van der Waals surface area contributed by atoms with E-state index in [-0.39, 0.29) is 64.6 Å². The second kappa shape index (κ2) is 27.5. The molecule has 0 aromatic rings. The summed E-state index contributed by atoms with van der Waals surface area (Å²) in [6.07, 6.45) is 0. The molecule has 6 heteroatoms. The molecule has 0 aromatic carbocycles. The van der Waals surface area contributed by atoms with Crippen LogP contribution in [0.15, 0.2) is 0 Å². The van der Waals surface area contributed by atoms with Crippen LogP contribution in [0, 0.1) is 0 Å². The molecule has 0 saturated heterocycles. The molecule has 1 N–H and O–H groups in total. The summed E-state index contributed by atoms with van der Waals surface area (Å²) in [5.41, 5.74) is 0. The zero-order chi connectivity index (χ0) is 2.71. The van der Waals surface area contributed by atoms with Gasteiger partial charge in [-0.15, -0.1) is 0 Å². The molecule has 0 saturated carbocycles. The molecule has 0 aliphatic carbocycles. The van der Waals surface area contributed by atoms with Gasteiger partial charge < -0.3 is 5.48 Å². The van der Waals surface area contributed by atoms with Crippen LogP contribution in [-0.2, 0) is 3.80 Å². The Morgan fingerprint density at radius 1 is 1.33 bits per heavy atom. The van der Waals surface area contributed by atoms with E-state index in [1.165, 1.54) is 0 Å². The first-order valence-corrected chi connectivity index (χ1v) is 1.41. The molecule has 0 radical (unpaired) electrons. The molecule has 0 unspecified atom stereocenters. The van der Waals surface area contributed by atoms with Gasteiger partial charge in [0, 0.05) is 0 Å². The summed E-state index contributed by atoms with van der Waals surface area (Å²) in [4.78, 5) is 0. The molecule has 3 nitrogen and oxygen atoms in total. The van der Waals surface area contributed by atoms with E-state index in [0.717, 1.165) is 0 Å². The van der Waals surface area contributed by atoms with Crippen LogP contribution in [0.3, 0.4) is 0 Å². The third kappa shape index (κ3) is 36.1. The van der Waals surface area contributed by atoms with Crippen LogP contribution in [0.5, 0.6) is 0 Å². The Kier molecular flexibility index (Phi) is 112. The molecular weight excluding hydrogens is 121 g/mol. The van der Waals surface area contributed by atoms with Gasteiger partial charge in [0.25, 0.3) is 0 Å². The van der Waals surface area contributed by atoms with Crippen molar-refractivity contribution in [2.45, 2.75) is 0 Å². The van der Waals surface area contributed by atoms with Gasteiger partial charge in [-0.25, -0.2) is 0 Å². The molecule has 24 valence electrons. The zero-order valence-corrected chi connectivity index (χ0v) is 9.00. The van der Waals surface area contributed by atoms with Gasteiger partial charge in [-0.2, -0.15) is 0 Å². The summed E-state index contributed by atoms with van der Waals surface area (Å²) in [7, 11) is 0. The fraction of sp³-hybridized carbons (Fsp3) is 0. The van der Waals surface area contributed by atoms with E-state index in [2.05, 4.69) is 0 Å². The van der Waals surface area contributed by atoms with Gasteiger partial charge in [0.05, 0.1) is 0 Å². The first-order valence-electron chi connectivity index (χ1n) is 0.471. The number of hydrogen-bond acceptors (Lipinski definition) is 3.